The Labute approximate surface area is 157 Å². The molecule has 0 radical (unpaired) electrons. The van der Waals surface area contributed by atoms with E-state index in [1.54, 1.807) is 41.4 Å². The lowest BCUT2D eigenvalue weighted by Crippen LogP contribution is -2.56. The summed E-state index contributed by atoms with van der Waals surface area (Å²) in [5.74, 6) is 0. The fraction of sp³-hybridized carbons (Fsp3) is 0.263. The van der Waals surface area contributed by atoms with Crippen molar-refractivity contribution in [3.63, 3.8) is 0 Å². The molecule has 0 saturated carbocycles. The van der Waals surface area contributed by atoms with Gasteiger partial charge in [-0.05, 0) is 24.3 Å². The van der Waals surface area contributed by atoms with Gasteiger partial charge in [-0.3, -0.25) is 4.98 Å². The van der Waals surface area contributed by atoms with E-state index in [2.05, 4.69) is 15.6 Å². The minimum Gasteiger partial charge on any atom is -0.330 e. The van der Waals surface area contributed by atoms with E-state index in [4.69, 9.17) is 0 Å². The maximum absolute atomic E-state index is 13.3. The normalized spacial score (nSPS) is 16.4. The summed E-state index contributed by atoms with van der Waals surface area (Å²) in [6.07, 6.45) is 2.26. The molecule has 1 aliphatic heterocycles. The number of urea groups is 2. The molecule has 4 amide bonds. The molecule has 2 aromatic rings. The van der Waals surface area contributed by atoms with Gasteiger partial charge in [-0.1, -0.05) is 24.3 Å². The highest BCUT2D eigenvalue weighted by atomic mass is 16.2. The molecule has 0 aliphatic carbocycles. The molecule has 1 fully saturated rings. The molecule has 1 aromatic heterocycles. The van der Waals surface area contributed by atoms with E-state index in [1.807, 2.05) is 18.2 Å². The monoisotopic (exact) mass is 367 g/mol. The molecular formula is C19H21N5O3. The molecular weight excluding hydrogens is 346 g/mol. The first-order valence-corrected chi connectivity index (χ1v) is 8.71. The zero-order valence-corrected chi connectivity index (χ0v) is 14.7. The molecule has 1 unspecified atom stereocenters. The standard InChI is InChI=1S/C19H21N5O3/c25-13-11-22-18(26)24(15-6-2-1-3-7-15)19(27)23-12-10-20-14-17(23)16-8-4-5-9-21-16/h1-9,13,17,20H,10-12,14H2,(H,22,26). The van der Waals surface area contributed by atoms with Crippen LogP contribution in [0.25, 0.3) is 0 Å². The fourth-order valence-electron chi connectivity index (χ4n) is 3.00. The molecule has 0 bridgehead atoms. The van der Waals surface area contributed by atoms with Crippen molar-refractivity contribution in [2.45, 2.75) is 6.04 Å². The first-order valence-electron chi connectivity index (χ1n) is 8.71. The van der Waals surface area contributed by atoms with Gasteiger partial charge in [0.1, 0.15) is 6.29 Å². The third-order valence-corrected chi connectivity index (χ3v) is 4.26. The number of imide groups is 1. The number of hydrogen-bond donors (Lipinski definition) is 2. The Kier molecular flexibility index (Phi) is 6.11. The van der Waals surface area contributed by atoms with Crippen molar-refractivity contribution in [1.82, 2.24) is 20.5 Å². The van der Waals surface area contributed by atoms with Crippen molar-refractivity contribution in [2.24, 2.45) is 0 Å². The first kappa shape index (κ1) is 18.5. The van der Waals surface area contributed by atoms with Gasteiger partial charge in [0.15, 0.2) is 0 Å². The molecule has 8 nitrogen and oxygen atoms in total. The number of carbonyl (C=O) groups is 3. The van der Waals surface area contributed by atoms with Crippen molar-refractivity contribution in [1.29, 1.82) is 0 Å². The minimum atomic E-state index is -0.642. The smallest absolute Gasteiger partial charge is 0.330 e. The van der Waals surface area contributed by atoms with Gasteiger partial charge in [-0.2, -0.15) is 0 Å². The van der Waals surface area contributed by atoms with Crippen molar-refractivity contribution < 1.29 is 14.4 Å². The maximum atomic E-state index is 13.3. The Hall–Kier alpha value is -3.26. The highest BCUT2D eigenvalue weighted by molar-refractivity contribution is 6.13. The summed E-state index contributed by atoms with van der Waals surface area (Å²) in [4.78, 5) is 43.6. The van der Waals surface area contributed by atoms with Gasteiger partial charge in [0.25, 0.3) is 0 Å². The van der Waals surface area contributed by atoms with Crippen LogP contribution in [0.3, 0.4) is 0 Å². The summed E-state index contributed by atoms with van der Waals surface area (Å²) in [5.41, 5.74) is 1.18. The lowest BCUT2D eigenvalue weighted by atomic mass is 10.1. The largest absolute Gasteiger partial charge is 0.333 e. The highest BCUT2D eigenvalue weighted by Crippen LogP contribution is 2.24. The number of para-hydroxylation sites is 1. The molecule has 1 atom stereocenters. The van der Waals surface area contributed by atoms with Crippen molar-refractivity contribution in [3.8, 4) is 0 Å². The van der Waals surface area contributed by atoms with E-state index < -0.39 is 12.1 Å². The third-order valence-electron chi connectivity index (χ3n) is 4.26. The number of pyridine rings is 1. The quantitative estimate of drug-likeness (QED) is 0.800. The number of rotatable bonds is 4. The van der Waals surface area contributed by atoms with E-state index in [9.17, 15) is 14.4 Å². The average molecular weight is 367 g/mol. The summed E-state index contributed by atoms with van der Waals surface area (Å²) in [6, 6.07) is 12.8. The van der Waals surface area contributed by atoms with Gasteiger partial charge in [-0.25, -0.2) is 14.5 Å². The van der Waals surface area contributed by atoms with Gasteiger partial charge < -0.3 is 20.3 Å². The number of piperazine rings is 1. The van der Waals surface area contributed by atoms with Crippen LogP contribution in [0.4, 0.5) is 15.3 Å². The van der Waals surface area contributed by atoms with Gasteiger partial charge in [0.2, 0.25) is 0 Å². The molecule has 8 heteroatoms. The number of anilines is 1. The first-order chi connectivity index (χ1) is 13.2. The molecule has 27 heavy (non-hydrogen) atoms. The van der Waals surface area contributed by atoms with Crippen LogP contribution in [0.15, 0.2) is 54.7 Å². The summed E-state index contributed by atoms with van der Waals surface area (Å²) >= 11 is 0. The maximum Gasteiger partial charge on any atom is 0.333 e. The van der Waals surface area contributed by atoms with Gasteiger partial charge in [0, 0.05) is 25.8 Å². The minimum absolute atomic E-state index is 0.166. The predicted molar refractivity (Wildman–Crippen MR) is 100 cm³/mol. The van der Waals surface area contributed by atoms with Crippen LogP contribution in [0.2, 0.25) is 0 Å². The topological polar surface area (TPSA) is 94.6 Å². The molecule has 0 spiro atoms. The van der Waals surface area contributed by atoms with Crippen molar-refractivity contribution in [3.05, 3.63) is 60.4 Å². The zero-order valence-electron chi connectivity index (χ0n) is 14.7. The molecule has 2 heterocycles. The number of aromatic nitrogens is 1. The summed E-state index contributed by atoms with van der Waals surface area (Å²) in [6.45, 7) is 1.43. The second-order valence-corrected chi connectivity index (χ2v) is 5.97. The van der Waals surface area contributed by atoms with Crippen LogP contribution >= 0.6 is 0 Å². The van der Waals surface area contributed by atoms with Gasteiger partial charge in [0.05, 0.1) is 24.0 Å². The molecule has 1 saturated heterocycles. The number of nitrogens with one attached hydrogen (secondary N) is 2. The lowest BCUT2D eigenvalue weighted by molar-refractivity contribution is -0.107. The van der Waals surface area contributed by atoms with E-state index >= 15 is 0 Å². The predicted octanol–water partition coefficient (Wildman–Crippen LogP) is 1.56. The number of hydrogen-bond acceptors (Lipinski definition) is 5. The van der Waals surface area contributed by atoms with E-state index in [-0.39, 0.29) is 12.6 Å². The molecule has 140 valence electrons. The zero-order chi connectivity index (χ0) is 19.1. The summed E-state index contributed by atoms with van der Waals surface area (Å²) in [5, 5.41) is 5.71. The Balaban J connectivity index is 1.91. The Morgan fingerprint density at radius 1 is 1.22 bits per heavy atom. The van der Waals surface area contributed by atoms with Crippen LogP contribution in [0.1, 0.15) is 11.7 Å². The number of amides is 4. The Bertz CT molecular complexity index is 784. The SMILES string of the molecule is O=CCNC(=O)N(C(=O)N1CCNCC1c1ccccn1)c1ccccc1. The Morgan fingerprint density at radius 3 is 2.70 bits per heavy atom. The van der Waals surface area contributed by atoms with Crippen LogP contribution in [-0.4, -0.2) is 54.4 Å². The summed E-state index contributed by atoms with van der Waals surface area (Å²) < 4.78 is 0. The van der Waals surface area contributed by atoms with E-state index in [0.717, 1.165) is 10.6 Å². The van der Waals surface area contributed by atoms with E-state index in [0.29, 0.717) is 31.6 Å². The van der Waals surface area contributed by atoms with Crippen molar-refractivity contribution >= 4 is 24.0 Å². The number of aldehydes is 1. The van der Waals surface area contributed by atoms with Crippen molar-refractivity contribution in [2.75, 3.05) is 31.1 Å². The summed E-state index contributed by atoms with van der Waals surface area (Å²) in [7, 11) is 0. The van der Waals surface area contributed by atoms with Gasteiger partial charge in [-0.15, -0.1) is 0 Å². The third kappa shape index (κ3) is 4.29. The lowest BCUT2D eigenvalue weighted by Gasteiger charge is -2.38. The molecule has 1 aliphatic rings. The van der Waals surface area contributed by atoms with Crippen LogP contribution < -0.4 is 15.5 Å². The van der Waals surface area contributed by atoms with Crippen LogP contribution in [0, 0.1) is 0 Å². The average Bonchev–Trinajstić information content (AvgIpc) is 2.73. The van der Waals surface area contributed by atoms with Gasteiger partial charge >= 0.3 is 12.1 Å². The number of nitrogens with zero attached hydrogens (tertiary/aromatic N) is 3. The number of benzene rings is 1. The van der Waals surface area contributed by atoms with Crippen LogP contribution in [0.5, 0.6) is 0 Å². The second-order valence-electron chi connectivity index (χ2n) is 5.97. The molecule has 1 aromatic carbocycles. The van der Waals surface area contributed by atoms with Crippen LogP contribution in [-0.2, 0) is 4.79 Å². The van der Waals surface area contributed by atoms with E-state index in [1.165, 1.54) is 0 Å². The molecule has 2 N–H and O–H groups in total. The Morgan fingerprint density at radius 2 is 2.00 bits per heavy atom. The molecule has 3 rings (SSSR count). The fourth-order valence-corrected chi connectivity index (χ4v) is 3.00. The highest BCUT2D eigenvalue weighted by Gasteiger charge is 2.35. The number of carbonyl (C=O) groups excluding carboxylic acids is 3. The second kappa shape index (κ2) is 8.91.